The van der Waals surface area contributed by atoms with Gasteiger partial charge >= 0.3 is 0 Å². The number of nitrogens with one attached hydrogen (secondary N) is 2. The van der Waals surface area contributed by atoms with Crippen molar-refractivity contribution in [3.8, 4) is 0 Å². The van der Waals surface area contributed by atoms with E-state index in [-0.39, 0.29) is 5.91 Å². The van der Waals surface area contributed by atoms with Gasteiger partial charge in [-0.15, -0.1) is 11.8 Å². The second-order valence-electron chi connectivity index (χ2n) is 3.91. The van der Waals surface area contributed by atoms with Crippen LogP contribution in [-0.4, -0.2) is 21.9 Å². The molecule has 0 saturated carbocycles. The molecule has 2 N–H and O–H groups in total. The normalized spacial score (nSPS) is 10.4. The second kappa shape index (κ2) is 6.77. The number of aryl methyl sites for hydroxylation is 1. The highest BCUT2D eigenvalue weighted by Crippen LogP contribution is 2.21. The van der Waals surface area contributed by atoms with E-state index in [0.29, 0.717) is 11.6 Å². The van der Waals surface area contributed by atoms with Crippen LogP contribution >= 0.6 is 27.7 Å². The molecule has 0 atom stereocenters. The van der Waals surface area contributed by atoms with Crippen molar-refractivity contribution in [2.45, 2.75) is 18.2 Å². The first-order valence-corrected chi connectivity index (χ1v) is 7.67. The third kappa shape index (κ3) is 4.11. The number of hydrogen-bond acceptors (Lipinski definition) is 3. The maximum absolute atomic E-state index is 11.8. The van der Waals surface area contributed by atoms with Crippen LogP contribution in [-0.2, 0) is 11.2 Å². The van der Waals surface area contributed by atoms with Crippen LogP contribution in [0, 0.1) is 0 Å². The molecule has 1 aromatic carbocycles. The molecular formula is C13H14BrN3OS. The number of aromatic nitrogens is 2. The number of anilines is 1. The van der Waals surface area contributed by atoms with Gasteiger partial charge in [0.25, 0.3) is 0 Å². The zero-order valence-corrected chi connectivity index (χ0v) is 12.8. The Balaban J connectivity index is 1.86. The molecule has 1 amide bonds. The number of carbonyl (C=O) groups excluding carboxylic acids is 1. The van der Waals surface area contributed by atoms with E-state index >= 15 is 0 Å². The molecule has 19 heavy (non-hydrogen) atoms. The maximum atomic E-state index is 11.8. The molecule has 6 heteroatoms. The van der Waals surface area contributed by atoms with E-state index in [1.807, 2.05) is 31.2 Å². The molecule has 0 unspecified atom stereocenters. The van der Waals surface area contributed by atoms with Crippen LogP contribution in [0.1, 0.15) is 12.5 Å². The number of amides is 1. The minimum Gasteiger partial charge on any atom is -0.310 e. The summed E-state index contributed by atoms with van der Waals surface area (Å²) in [5.74, 6) is 1.04. The number of halogens is 1. The fourth-order valence-electron chi connectivity index (χ4n) is 1.54. The lowest BCUT2D eigenvalue weighted by atomic mass is 10.2. The van der Waals surface area contributed by atoms with E-state index in [9.17, 15) is 4.79 Å². The predicted octanol–water partition coefficient (Wildman–Crippen LogP) is 3.47. The highest BCUT2D eigenvalue weighted by atomic mass is 79.9. The first-order valence-electron chi connectivity index (χ1n) is 5.89. The zero-order valence-electron chi connectivity index (χ0n) is 10.4. The van der Waals surface area contributed by atoms with Crippen LogP contribution in [0.15, 0.2) is 39.8 Å². The highest BCUT2D eigenvalue weighted by molar-refractivity contribution is 9.10. The van der Waals surface area contributed by atoms with Crippen LogP contribution in [0.3, 0.4) is 0 Å². The van der Waals surface area contributed by atoms with Crippen LogP contribution in [0.2, 0.25) is 0 Å². The van der Waals surface area contributed by atoms with Crippen molar-refractivity contribution in [1.29, 1.82) is 0 Å². The molecule has 0 aliphatic heterocycles. The van der Waals surface area contributed by atoms with Gasteiger partial charge in [-0.25, -0.2) is 0 Å². The molecule has 100 valence electrons. The first-order chi connectivity index (χ1) is 9.19. The SMILES string of the molecule is CCc1cn[nH]c1NC(=O)CSc1ccc(Br)cc1. The summed E-state index contributed by atoms with van der Waals surface area (Å²) in [7, 11) is 0. The molecule has 2 aromatic rings. The maximum Gasteiger partial charge on any atom is 0.235 e. The van der Waals surface area contributed by atoms with Gasteiger partial charge in [0.2, 0.25) is 5.91 Å². The van der Waals surface area contributed by atoms with Gasteiger partial charge < -0.3 is 5.32 Å². The van der Waals surface area contributed by atoms with Gasteiger partial charge in [0.1, 0.15) is 5.82 Å². The summed E-state index contributed by atoms with van der Waals surface area (Å²) in [5, 5.41) is 9.55. The molecule has 0 aliphatic carbocycles. The standard InChI is InChI=1S/C13H14BrN3OS/c1-2-9-7-15-17-13(9)16-12(18)8-19-11-5-3-10(14)4-6-11/h3-7H,2,8H2,1H3,(H2,15,16,17,18). The number of benzene rings is 1. The van der Waals surface area contributed by atoms with Crippen LogP contribution in [0.4, 0.5) is 5.82 Å². The lowest BCUT2D eigenvalue weighted by Crippen LogP contribution is -2.15. The first kappa shape index (κ1) is 14.1. The molecule has 2 rings (SSSR count). The molecule has 0 saturated heterocycles. The van der Waals surface area contributed by atoms with Gasteiger partial charge in [0.05, 0.1) is 11.9 Å². The Morgan fingerprint density at radius 1 is 1.42 bits per heavy atom. The zero-order chi connectivity index (χ0) is 13.7. The van der Waals surface area contributed by atoms with Crippen molar-refractivity contribution in [3.63, 3.8) is 0 Å². The van der Waals surface area contributed by atoms with E-state index < -0.39 is 0 Å². The Hall–Kier alpha value is -1.27. The Morgan fingerprint density at radius 2 is 2.16 bits per heavy atom. The fourth-order valence-corrected chi connectivity index (χ4v) is 2.51. The van der Waals surface area contributed by atoms with Crippen LogP contribution < -0.4 is 5.32 Å². The number of rotatable bonds is 5. The molecule has 4 nitrogen and oxygen atoms in total. The fraction of sp³-hybridized carbons (Fsp3) is 0.231. The minimum atomic E-state index is -0.0353. The molecule has 0 radical (unpaired) electrons. The Bertz CT molecular complexity index is 553. The number of H-pyrrole nitrogens is 1. The molecule has 0 spiro atoms. The van der Waals surface area contributed by atoms with Gasteiger partial charge in [-0.1, -0.05) is 22.9 Å². The average Bonchev–Trinajstić information content (AvgIpc) is 2.85. The van der Waals surface area contributed by atoms with Crippen LogP contribution in [0.25, 0.3) is 0 Å². The third-order valence-electron chi connectivity index (χ3n) is 2.55. The predicted molar refractivity (Wildman–Crippen MR) is 81.5 cm³/mol. The van der Waals surface area contributed by atoms with Crippen LogP contribution in [0.5, 0.6) is 0 Å². The molecular weight excluding hydrogens is 326 g/mol. The summed E-state index contributed by atoms with van der Waals surface area (Å²) in [5.41, 5.74) is 1.02. The van der Waals surface area contributed by atoms with Gasteiger partial charge in [-0.3, -0.25) is 9.89 Å². The highest BCUT2D eigenvalue weighted by Gasteiger charge is 2.08. The largest absolute Gasteiger partial charge is 0.310 e. The summed E-state index contributed by atoms with van der Waals surface area (Å²) in [6, 6.07) is 7.89. The molecule has 1 heterocycles. The molecule has 1 aromatic heterocycles. The summed E-state index contributed by atoms with van der Waals surface area (Å²) < 4.78 is 1.03. The lowest BCUT2D eigenvalue weighted by Gasteiger charge is -2.04. The Labute approximate surface area is 124 Å². The van der Waals surface area contributed by atoms with Crippen molar-refractivity contribution < 1.29 is 4.79 Å². The van der Waals surface area contributed by atoms with E-state index in [4.69, 9.17) is 0 Å². The number of aromatic amines is 1. The number of nitrogens with zero attached hydrogens (tertiary/aromatic N) is 1. The minimum absolute atomic E-state index is 0.0353. The lowest BCUT2D eigenvalue weighted by molar-refractivity contribution is -0.113. The average molecular weight is 340 g/mol. The van der Waals surface area contributed by atoms with Crippen molar-refractivity contribution in [2.24, 2.45) is 0 Å². The van der Waals surface area contributed by atoms with E-state index in [2.05, 4.69) is 31.4 Å². The number of carbonyl (C=O) groups is 1. The molecule has 0 aliphatic rings. The number of hydrogen-bond donors (Lipinski definition) is 2. The van der Waals surface area contributed by atoms with Gasteiger partial charge in [0.15, 0.2) is 0 Å². The van der Waals surface area contributed by atoms with E-state index in [1.54, 1.807) is 6.20 Å². The smallest absolute Gasteiger partial charge is 0.235 e. The van der Waals surface area contributed by atoms with Crippen molar-refractivity contribution >= 4 is 39.4 Å². The third-order valence-corrected chi connectivity index (χ3v) is 4.09. The van der Waals surface area contributed by atoms with Gasteiger partial charge in [-0.05, 0) is 30.7 Å². The molecule has 0 fully saturated rings. The Morgan fingerprint density at radius 3 is 2.84 bits per heavy atom. The van der Waals surface area contributed by atoms with E-state index in [1.165, 1.54) is 11.8 Å². The van der Waals surface area contributed by atoms with Crippen molar-refractivity contribution in [2.75, 3.05) is 11.1 Å². The van der Waals surface area contributed by atoms with Gasteiger partial charge in [0, 0.05) is 14.9 Å². The molecule has 0 bridgehead atoms. The topological polar surface area (TPSA) is 57.8 Å². The Kier molecular flexibility index (Phi) is 5.04. The number of thioether (sulfide) groups is 1. The summed E-state index contributed by atoms with van der Waals surface area (Å²) >= 11 is 4.89. The van der Waals surface area contributed by atoms with Crippen molar-refractivity contribution in [1.82, 2.24) is 10.2 Å². The monoisotopic (exact) mass is 339 g/mol. The summed E-state index contributed by atoms with van der Waals surface area (Å²) in [4.78, 5) is 12.9. The van der Waals surface area contributed by atoms with Gasteiger partial charge in [-0.2, -0.15) is 5.10 Å². The van der Waals surface area contributed by atoms with E-state index in [0.717, 1.165) is 21.4 Å². The van der Waals surface area contributed by atoms with Crippen molar-refractivity contribution in [3.05, 3.63) is 40.5 Å². The second-order valence-corrected chi connectivity index (χ2v) is 5.88. The summed E-state index contributed by atoms with van der Waals surface area (Å²) in [6.45, 7) is 2.02. The summed E-state index contributed by atoms with van der Waals surface area (Å²) in [6.07, 6.45) is 2.57. The quantitative estimate of drug-likeness (QED) is 0.820.